The molecule has 19 heavy (non-hydrogen) atoms. The Balaban J connectivity index is 2.13. The second-order valence-electron chi connectivity index (χ2n) is 4.77. The quantitative estimate of drug-likeness (QED) is 0.931. The Hall–Kier alpha value is -1.20. The van der Waals surface area contributed by atoms with E-state index in [1.54, 1.807) is 6.07 Å². The highest BCUT2D eigenvalue weighted by Crippen LogP contribution is 2.26. The van der Waals surface area contributed by atoms with Crippen LogP contribution in [-0.2, 0) is 6.42 Å². The Labute approximate surface area is 120 Å². The smallest absolute Gasteiger partial charge is 0.124 e. The van der Waals surface area contributed by atoms with Crippen LogP contribution in [0, 0.1) is 5.82 Å². The molecule has 1 unspecified atom stereocenters. The molecule has 0 fully saturated rings. The SMILES string of the molecule is CC(C)n1ccc(CC(O)c2ccc(F)cc2Br)n1. The van der Waals surface area contributed by atoms with Gasteiger partial charge in [0, 0.05) is 23.1 Å². The summed E-state index contributed by atoms with van der Waals surface area (Å²) in [7, 11) is 0. The highest BCUT2D eigenvalue weighted by atomic mass is 79.9. The molecular weight excluding hydrogens is 311 g/mol. The minimum Gasteiger partial charge on any atom is -0.388 e. The molecule has 5 heteroatoms. The molecule has 1 heterocycles. The predicted molar refractivity (Wildman–Crippen MR) is 75.4 cm³/mol. The minimum absolute atomic E-state index is 0.295. The van der Waals surface area contributed by atoms with Gasteiger partial charge < -0.3 is 5.11 Å². The Bertz CT molecular complexity index is 568. The average molecular weight is 327 g/mol. The Kier molecular flexibility index (Phi) is 4.37. The summed E-state index contributed by atoms with van der Waals surface area (Å²) < 4.78 is 15.4. The zero-order valence-electron chi connectivity index (χ0n) is 10.8. The first-order valence-electron chi connectivity index (χ1n) is 6.14. The molecule has 1 aromatic heterocycles. The van der Waals surface area contributed by atoms with E-state index in [0.717, 1.165) is 5.69 Å². The molecule has 0 amide bonds. The number of benzene rings is 1. The zero-order valence-corrected chi connectivity index (χ0v) is 12.4. The van der Waals surface area contributed by atoms with Crippen molar-refractivity contribution in [3.63, 3.8) is 0 Å². The van der Waals surface area contributed by atoms with Gasteiger partial charge in [-0.15, -0.1) is 0 Å². The number of rotatable bonds is 4. The fourth-order valence-corrected chi connectivity index (χ4v) is 2.47. The topological polar surface area (TPSA) is 38.0 Å². The molecule has 0 radical (unpaired) electrons. The van der Waals surface area contributed by atoms with Gasteiger partial charge in [0.1, 0.15) is 5.82 Å². The Morgan fingerprint density at radius 2 is 2.11 bits per heavy atom. The van der Waals surface area contributed by atoms with Gasteiger partial charge in [0.05, 0.1) is 11.8 Å². The molecule has 0 saturated heterocycles. The highest BCUT2D eigenvalue weighted by Gasteiger charge is 2.14. The van der Waals surface area contributed by atoms with Crippen molar-refractivity contribution in [2.45, 2.75) is 32.4 Å². The number of hydrogen-bond donors (Lipinski definition) is 1. The number of aliphatic hydroxyl groups is 1. The first-order chi connectivity index (χ1) is 8.97. The third-order valence-corrected chi connectivity index (χ3v) is 3.60. The van der Waals surface area contributed by atoms with Crippen LogP contribution in [0.3, 0.4) is 0 Å². The van der Waals surface area contributed by atoms with Gasteiger partial charge in [-0.05, 0) is 37.6 Å². The Morgan fingerprint density at radius 3 is 2.68 bits per heavy atom. The van der Waals surface area contributed by atoms with Gasteiger partial charge in [0.15, 0.2) is 0 Å². The molecule has 0 saturated carbocycles. The molecule has 3 nitrogen and oxygen atoms in total. The van der Waals surface area contributed by atoms with Crippen molar-refractivity contribution in [1.29, 1.82) is 0 Å². The maximum Gasteiger partial charge on any atom is 0.124 e. The second-order valence-corrected chi connectivity index (χ2v) is 5.62. The molecule has 1 atom stereocenters. The summed E-state index contributed by atoms with van der Waals surface area (Å²) in [6.07, 6.45) is 1.60. The van der Waals surface area contributed by atoms with Gasteiger partial charge >= 0.3 is 0 Å². The summed E-state index contributed by atoms with van der Waals surface area (Å²) in [6.45, 7) is 4.09. The van der Waals surface area contributed by atoms with Crippen LogP contribution < -0.4 is 0 Å². The van der Waals surface area contributed by atoms with Gasteiger partial charge in [0.25, 0.3) is 0 Å². The van der Waals surface area contributed by atoms with Crippen molar-refractivity contribution in [3.05, 3.63) is 52.0 Å². The number of nitrogens with zero attached hydrogens (tertiary/aromatic N) is 2. The molecule has 0 aliphatic heterocycles. The molecule has 102 valence electrons. The van der Waals surface area contributed by atoms with Crippen LogP contribution in [0.2, 0.25) is 0 Å². The third-order valence-electron chi connectivity index (χ3n) is 2.92. The van der Waals surface area contributed by atoms with Crippen molar-refractivity contribution in [1.82, 2.24) is 9.78 Å². The van der Waals surface area contributed by atoms with Crippen LogP contribution in [0.5, 0.6) is 0 Å². The van der Waals surface area contributed by atoms with Crippen molar-refractivity contribution in [3.8, 4) is 0 Å². The molecule has 2 aromatic rings. The minimum atomic E-state index is -0.703. The average Bonchev–Trinajstić information content (AvgIpc) is 2.77. The standard InChI is InChI=1S/C14H16BrFN2O/c1-9(2)18-6-5-11(17-18)8-14(19)12-4-3-10(16)7-13(12)15/h3-7,9,14,19H,8H2,1-2H3. The molecule has 1 N–H and O–H groups in total. The lowest BCUT2D eigenvalue weighted by atomic mass is 10.1. The summed E-state index contributed by atoms with van der Waals surface area (Å²) in [6, 6.07) is 6.47. The van der Waals surface area contributed by atoms with Crippen molar-refractivity contribution < 1.29 is 9.50 Å². The molecule has 0 bridgehead atoms. The van der Waals surface area contributed by atoms with Crippen LogP contribution in [0.1, 0.15) is 37.3 Å². The van der Waals surface area contributed by atoms with E-state index in [9.17, 15) is 9.50 Å². The maximum atomic E-state index is 13.0. The summed E-state index contributed by atoms with van der Waals surface area (Å²) in [5, 5.41) is 14.6. The normalized spacial score (nSPS) is 12.9. The lowest BCUT2D eigenvalue weighted by Gasteiger charge is -2.11. The van der Waals surface area contributed by atoms with E-state index in [2.05, 4.69) is 21.0 Å². The predicted octanol–water partition coefficient (Wildman–Crippen LogP) is 3.64. The first kappa shape index (κ1) is 14.2. The number of aromatic nitrogens is 2. The van der Waals surface area contributed by atoms with Crippen LogP contribution in [0.4, 0.5) is 4.39 Å². The van der Waals surface area contributed by atoms with Crippen LogP contribution in [0.25, 0.3) is 0 Å². The fourth-order valence-electron chi connectivity index (χ4n) is 1.85. The Morgan fingerprint density at radius 1 is 1.37 bits per heavy atom. The monoisotopic (exact) mass is 326 g/mol. The van der Waals surface area contributed by atoms with Gasteiger partial charge in [-0.3, -0.25) is 4.68 Å². The van der Waals surface area contributed by atoms with Crippen LogP contribution >= 0.6 is 15.9 Å². The number of aliphatic hydroxyl groups excluding tert-OH is 1. The highest BCUT2D eigenvalue weighted by molar-refractivity contribution is 9.10. The second kappa shape index (κ2) is 5.84. The molecule has 0 aliphatic rings. The maximum absolute atomic E-state index is 13.0. The summed E-state index contributed by atoms with van der Waals surface area (Å²) in [5.74, 6) is -0.327. The van der Waals surface area contributed by atoms with Gasteiger partial charge in [-0.25, -0.2) is 4.39 Å². The van der Waals surface area contributed by atoms with Crippen molar-refractivity contribution >= 4 is 15.9 Å². The van der Waals surface area contributed by atoms with E-state index >= 15 is 0 Å². The lowest BCUT2D eigenvalue weighted by molar-refractivity contribution is 0.176. The van der Waals surface area contributed by atoms with Crippen LogP contribution in [-0.4, -0.2) is 14.9 Å². The molecule has 2 rings (SSSR count). The summed E-state index contributed by atoms with van der Waals surface area (Å²) in [5.41, 5.74) is 1.48. The van der Waals surface area contributed by atoms with Gasteiger partial charge in [-0.2, -0.15) is 5.10 Å². The van der Waals surface area contributed by atoms with E-state index in [-0.39, 0.29) is 5.82 Å². The lowest BCUT2D eigenvalue weighted by Crippen LogP contribution is -2.06. The number of halogens is 2. The zero-order chi connectivity index (χ0) is 14.0. The third kappa shape index (κ3) is 3.42. The van der Waals surface area contributed by atoms with E-state index in [4.69, 9.17) is 0 Å². The largest absolute Gasteiger partial charge is 0.388 e. The summed E-state index contributed by atoms with van der Waals surface area (Å²) in [4.78, 5) is 0. The van der Waals surface area contributed by atoms with Crippen molar-refractivity contribution in [2.75, 3.05) is 0 Å². The molecule has 0 spiro atoms. The van der Waals surface area contributed by atoms with E-state index < -0.39 is 6.10 Å². The van der Waals surface area contributed by atoms with Crippen LogP contribution in [0.15, 0.2) is 34.9 Å². The van der Waals surface area contributed by atoms with E-state index in [1.165, 1.54) is 12.1 Å². The fraction of sp³-hybridized carbons (Fsp3) is 0.357. The molecular formula is C14H16BrFN2O. The van der Waals surface area contributed by atoms with Gasteiger partial charge in [-0.1, -0.05) is 22.0 Å². The molecule has 1 aromatic carbocycles. The first-order valence-corrected chi connectivity index (χ1v) is 6.93. The van der Waals surface area contributed by atoms with E-state index in [1.807, 2.05) is 30.8 Å². The van der Waals surface area contributed by atoms with Crippen molar-refractivity contribution in [2.24, 2.45) is 0 Å². The summed E-state index contributed by atoms with van der Waals surface area (Å²) >= 11 is 3.26. The molecule has 0 aliphatic carbocycles. The number of hydrogen-bond acceptors (Lipinski definition) is 2. The van der Waals surface area contributed by atoms with E-state index in [0.29, 0.717) is 22.5 Å². The van der Waals surface area contributed by atoms with Gasteiger partial charge in [0.2, 0.25) is 0 Å².